The van der Waals surface area contributed by atoms with E-state index in [2.05, 4.69) is 10.6 Å². The van der Waals surface area contributed by atoms with Gasteiger partial charge in [-0.3, -0.25) is 4.79 Å². The molecule has 10 heteroatoms. The van der Waals surface area contributed by atoms with Crippen molar-refractivity contribution in [2.45, 2.75) is 56.2 Å². The predicted molar refractivity (Wildman–Crippen MR) is 116 cm³/mol. The summed E-state index contributed by atoms with van der Waals surface area (Å²) in [6, 6.07) is 10.6. The van der Waals surface area contributed by atoms with E-state index in [-0.39, 0.29) is 36.1 Å². The lowest BCUT2D eigenvalue weighted by molar-refractivity contribution is -0.143. The van der Waals surface area contributed by atoms with Gasteiger partial charge in [-0.15, -0.1) is 0 Å². The minimum Gasteiger partial charge on any atom is -0.372 e. The number of rotatable bonds is 7. The molecule has 0 spiro atoms. The number of amides is 1. The van der Waals surface area contributed by atoms with Gasteiger partial charge in [0.2, 0.25) is 5.91 Å². The number of nitrogens with one attached hydrogen (secondary N) is 2. The highest BCUT2D eigenvalue weighted by atomic mass is 19.4. The minimum absolute atomic E-state index is 0.00130. The Hall–Kier alpha value is -2.59. The number of halogens is 6. The molecule has 1 aliphatic heterocycles. The monoisotopic (exact) mass is 500 g/mol. The fraction of sp³-hybridized carbons (Fsp3) is 0.480. The summed E-state index contributed by atoms with van der Waals surface area (Å²) < 4.78 is 85.5. The van der Waals surface area contributed by atoms with E-state index in [4.69, 9.17) is 4.74 Å². The molecule has 4 rings (SSSR count). The van der Waals surface area contributed by atoms with Crippen LogP contribution < -0.4 is 10.6 Å². The molecule has 1 heterocycles. The first-order valence-electron chi connectivity index (χ1n) is 11.4. The number of carbonyl (C=O) groups is 1. The third-order valence-corrected chi connectivity index (χ3v) is 6.56. The smallest absolute Gasteiger partial charge is 0.372 e. The molecule has 2 fully saturated rings. The second kappa shape index (κ2) is 9.46. The van der Waals surface area contributed by atoms with Gasteiger partial charge in [-0.1, -0.05) is 30.3 Å². The molecule has 3 atom stereocenters. The standard InChI is InChI=1S/C25H26F6N2O2/c1-15(17-9-19(24(26,27)28)11-20(10-17)25(29,30)31)35-14-23(18-5-3-2-4-6-18)12-21(13-32-23)33-22(34)16-7-8-16/h2-6,9-11,15-16,21,32H,7-8,12-14H2,1H3,(H,33,34)/t15-,21+,23-/m1/s1. The Kier molecular flexibility index (Phi) is 6.89. The van der Waals surface area contributed by atoms with Gasteiger partial charge < -0.3 is 15.4 Å². The van der Waals surface area contributed by atoms with Crippen molar-refractivity contribution in [3.63, 3.8) is 0 Å². The van der Waals surface area contributed by atoms with Gasteiger partial charge in [0.05, 0.1) is 29.4 Å². The van der Waals surface area contributed by atoms with E-state index in [0.29, 0.717) is 25.1 Å². The predicted octanol–water partition coefficient (Wildman–Crippen LogP) is 5.59. The molecule has 1 aliphatic carbocycles. The second-order valence-electron chi connectivity index (χ2n) is 9.31. The van der Waals surface area contributed by atoms with Crippen molar-refractivity contribution < 1.29 is 35.9 Å². The maximum atomic E-state index is 13.3. The van der Waals surface area contributed by atoms with Gasteiger partial charge in [0.15, 0.2) is 0 Å². The molecule has 0 unspecified atom stereocenters. The first kappa shape index (κ1) is 25.5. The normalized spacial score (nSPS) is 23.8. The molecule has 4 nitrogen and oxygen atoms in total. The summed E-state index contributed by atoms with van der Waals surface area (Å²) in [6.45, 7) is 1.88. The highest BCUT2D eigenvalue weighted by molar-refractivity contribution is 5.81. The SMILES string of the molecule is C[C@@H](OC[C@@]1(c2ccccc2)C[C@H](NC(=O)C2CC2)CN1)c1cc(C(F)(F)F)cc(C(F)(F)F)c1. The molecule has 1 saturated carbocycles. The van der Waals surface area contributed by atoms with E-state index in [1.807, 2.05) is 30.3 Å². The number of hydrogen-bond acceptors (Lipinski definition) is 3. The number of benzene rings is 2. The van der Waals surface area contributed by atoms with Crippen LogP contribution in [0.25, 0.3) is 0 Å². The van der Waals surface area contributed by atoms with Crippen LogP contribution in [-0.4, -0.2) is 25.1 Å². The molecule has 0 aromatic heterocycles. The molecule has 2 aliphatic rings. The number of alkyl halides is 6. The average molecular weight is 500 g/mol. The van der Waals surface area contributed by atoms with Crippen LogP contribution in [-0.2, 0) is 27.4 Å². The number of hydrogen-bond donors (Lipinski definition) is 2. The van der Waals surface area contributed by atoms with Gasteiger partial charge in [-0.2, -0.15) is 26.3 Å². The summed E-state index contributed by atoms with van der Waals surface area (Å²) in [6.07, 6.45) is -8.69. The van der Waals surface area contributed by atoms with Gasteiger partial charge in [0.1, 0.15) is 0 Å². The van der Waals surface area contributed by atoms with Crippen molar-refractivity contribution in [1.29, 1.82) is 0 Å². The minimum atomic E-state index is -4.93. The molecule has 2 aromatic carbocycles. The van der Waals surface area contributed by atoms with Crippen LogP contribution in [0.15, 0.2) is 48.5 Å². The van der Waals surface area contributed by atoms with Crippen molar-refractivity contribution in [3.8, 4) is 0 Å². The first-order valence-corrected chi connectivity index (χ1v) is 11.4. The lowest BCUT2D eigenvalue weighted by Gasteiger charge is -2.32. The molecule has 35 heavy (non-hydrogen) atoms. The highest BCUT2D eigenvalue weighted by Gasteiger charge is 2.43. The van der Waals surface area contributed by atoms with Crippen LogP contribution in [0.2, 0.25) is 0 Å². The van der Waals surface area contributed by atoms with Gasteiger partial charge in [-0.05, 0) is 55.5 Å². The maximum Gasteiger partial charge on any atom is 0.416 e. The molecule has 2 N–H and O–H groups in total. The third kappa shape index (κ3) is 5.98. The Morgan fingerprint density at radius 2 is 1.66 bits per heavy atom. The van der Waals surface area contributed by atoms with Gasteiger partial charge in [0.25, 0.3) is 0 Å². The molecule has 1 amide bonds. The van der Waals surface area contributed by atoms with Crippen LogP contribution in [0, 0.1) is 5.92 Å². The molecule has 1 saturated heterocycles. The van der Waals surface area contributed by atoms with Crippen molar-refractivity contribution in [2.75, 3.05) is 13.2 Å². The second-order valence-corrected chi connectivity index (χ2v) is 9.31. The summed E-state index contributed by atoms with van der Waals surface area (Å²) in [4.78, 5) is 12.2. The van der Waals surface area contributed by atoms with Gasteiger partial charge in [-0.25, -0.2) is 0 Å². The Labute approximate surface area is 199 Å². The van der Waals surface area contributed by atoms with Gasteiger partial charge in [0, 0.05) is 18.5 Å². The van der Waals surface area contributed by atoms with Gasteiger partial charge >= 0.3 is 12.4 Å². The highest BCUT2D eigenvalue weighted by Crippen LogP contribution is 2.39. The fourth-order valence-corrected chi connectivity index (χ4v) is 4.40. The molecule has 2 aromatic rings. The summed E-state index contributed by atoms with van der Waals surface area (Å²) in [5.74, 6) is 0.0420. The van der Waals surface area contributed by atoms with Crippen LogP contribution in [0.5, 0.6) is 0 Å². The zero-order valence-electron chi connectivity index (χ0n) is 19.0. The lowest BCUT2D eigenvalue weighted by Crippen LogP contribution is -2.41. The van der Waals surface area contributed by atoms with Crippen LogP contribution in [0.3, 0.4) is 0 Å². The molecule has 0 radical (unpaired) electrons. The van der Waals surface area contributed by atoms with Crippen molar-refractivity contribution in [2.24, 2.45) is 5.92 Å². The lowest BCUT2D eigenvalue weighted by atomic mass is 9.88. The number of carbonyl (C=O) groups excluding carboxylic acids is 1. The zero-order valence-corrected chi connectivity index (χ0v) is 19.0. The Bertz CT molecular complexity index is 1020. The average Bonchev–Trinajstić information content (AvgIpc) is 3.58. The zero-order chi connectivity index (χ0) is 25.4. The van der Waals surface area contributed by atoms with Crippen LogP contribution in [0.4, 0.5) is 26.3 Å². The Balaban J connectivity index is 1.55. The Morgan fingerprint density at radius 3 is 2.20 bits per heavy atom. The van der Waals surface area contributed by atoms with Crippen molar-refractivity contribution in [1.82, 2.24) is 10.6 Å². The molecule has 190 valence electrons. The summed E-state index contributed by atoms with van der Waals surface area (Å²) >= 11 is 0. The van der Waals surface area contributed by atoms with E-state index >= 15 is 0 Å². The van der Waals surface area contributed by atoms with Crippen molar-refractivity contribution in [3.05, 3.63) is 70.8 Å². The third-order valence-electron chi connectivity index (χ3n) is 6.56. The molecule has 0 bridgehead atoms. The van der Waals surface area contributed by atoms with E-state index in [0.717, 1.165) is 18.4 Å². The summed E-state index contributed by atoms with van der Waals surface area (Å²) in [5, 5.41) is 6.41. The van der Waals surface area contributed by atoms with Crippen LogP contribution in [0.1, 0.15) is 54.5 Å². The van der Waals surface area contributed by atoms with E-state index in [1.165, 1.54) is 6.92 Å². The van der Waals surface area contributed by atoms with E-state index < -0.39 is 35.1 Å². The molecular weight excluding hydrogens is 474 g/mol. The number of ether oxygens (including phenoxy) is 1. The topological polar surface area (TPSA) is 50.4 Å². The van der Waals surface area contributed by atoms with Crippen molar-refractivity contribution >= 4 is 5.91 Å². The first-order chi connectivity index (χ1) is 16.4. The maximum absolute atomic E-state index is 13.3. The summed E-state index contributed by atoms with van der Waals surface area (Å²) in [7, 11) is 0. The Morgan fingerprint density at radius 1 is 1.06 bits per heavy atom. The van der Waals surface area contributed by atoms with E-state index in [1.54, 1.807) is 0 Å². The fourth-order valence-electron chi connectivity index (χ4n) is 4.40. The largest absolute Gasteiger partial charge is 0.416 e. The summed E-state index contributed by atoms with van der Waals surface area (Å²) in [5.41, 5.74) is -2.87. The molecular formula is C25H26F6N2O2. The van der Waals surface area contributed by atoms with E-state index in [9.17, 15) is 31.1 Å². The van der Waals surface area contributed by atoms with Crippen LogP contribution >= 0.6 is 0 Å². The quantitative estimate of drug-likeness (QED) is 0.488.